The molecule has 0 N–H and O–H groups in total. The van der Waals surface area contributed by atoms with Gasteiger partial charge in [-0.15, -0.1) is 0 Å². The SMILES string of the molecule is COC=O.N#CCC#N. The second-order valence-electron chi connectivity index (χ2n) is 0.825. The third-order valence-electron chi connectivity index (χ3n) is 0.254. The van der Waals surface area contributed by atoms with Crippen molar-refractivity contribution in [2.24, 2.45) is 0 Å². The van der Waals surface area contributed by atoms with Gasteiger partial charge in [-0.1, -0.05) is 0 Å². The molecule has 4 heteroatoms. The number of hydrogen-bond acceptors (Lipinski definition) is 4. The number of methoxy groups -OCH3 is 1. The number of rotatable bonds is 1. The van der Waals surface area contributed by atoms with Gasteiger partial charge in [0.1, 0.15) is 6.42 Å². The molecule has 0 saturated heterocycles. The minimum atomic E-state index is 0. The predicted molar refractivity (Wildman–Crippen MR) is 28.9 cm³/mol. The first-order valence-corrected chi connectivity index (χ1v) is 2.03. The third-order valence-corrected chi connectivity index (χ3v) is 0.254. The largest absolute Gasteiger partial charge is 0.471 e. The fraction of sp³-hybridized carbons (Fsp3) is 0.400. The number of carbonyl (C=O) groups is 1. The second-order valence-corrected chi connectivity index (χ2v) is 0.825. The molecule has 0 saturated carbocycles. The van der Waals surface area contributed by atoms with Crippen LogP contribution in [-0.2, 0) is 9.53 Å². The fourth-order valence-corrected chi connectivity index (χ4v) is 0.0354. The Morgan fingerprint density at radius 1 is 1.56 bits per heavy atom. The van der Waals surface area contributed by atoms with Crippen molar-refractivity contribution in [1.29, 1.82) is 10.5 Å². The maximum absolute atomic E-state index is 8.95. The van der Waals surface area contributed by atoms with E-state index in [4.69, 9.17) is 15.3 Å². The monoisotopic (exact) mass is 126 g/mol. The number of ether oxygens (including phenoxy) is 1. The van der Waals surface area contributed by atoms with E-state index >= 15 is 0 Å². The molecule has 0 aromatic rings. The summed E-state index contributed by atoms with van der Waals surface area (Å²) in [6.45, 7) is 0.375. The summed E-state index contributed by atoms with van der Waals surface area (Å²) in [7, 11) is 1.31. The van der Waals surface area contributed by atoms with Gasteiger partial charge < -0.3 is 4.74 Å². The standard InChI is InChI=1S/C3H2N2.C2H4O2/c4-2-1-3-5;1-4-2-3/h1H2;2H,1H3. The third kappa shape index (κ3) is 60.7. The van der Waals surface area contributed by atoms with Gasteiger partial charge in [0.15, 0.2) is 0 Å². The molecule has 0 aliphatic rings. The van der Waals surface area contributed by atoms with Gasteiger partial charge in [-0.3, -0.25) is 4.79 Å². The molecule has 48 valence electrons. The van der Waals surface area contributed by atoms with Gasteiger partial charge in [-0.2, -0.15) is 10.5 Å². The van der Waals surface area contributed by atoms with Crippen molar-refractivity contribution in [2.45, 2.75) is 6.42 Å². The van der Waals surface area contributed by atoms with Crippen LogP contribution in [0.25, 0.3) is 0 Å². The summed E-state index contributed by atoms with van der Waals surface area (Å²) in [6.07, 6.45) is 0. The van der Waals surface area contributed by atoms with E-state index in [-0.39, 0.29) is 6.42 Å². The van der Waals surface area contributed by atoms with E-state index in [1.165, 1.54) is 7.11 Å². The van der Waals surface area contributed by atoms with Crippen molar-refractivity contribution in [1.82, 2.24) is 0 Å². The summed E-state index contributed by atoms with van der Waals surface area (Å²) < 4.78 is 3.86. The van der Waals surface area contributed by atoms with E-state index < -0.39 is 0 Å². The quantitative estimate of drug-likeness (QED) is 0.471. The zero-order valence-electron chi connectivity index (χ0n) is 5.00. The van der Waals surface area contributed by atoms with E-state index in [2.05, 4.69) is 4.74 Å². The molecule has 0 aliphatic heterocycles. The molecule has 0 aromatic heterocycles. The van der Waals surface area contributed by atoms with Gasteiger partial charge in [-0.25, -0.2) is 0 Å². The molecule has 0 rings (SSSR count). The Bertz CT molecular complexity index is 119. The summed E-state index contributed by atoms with van der Waals surface area (Å²) in [5.41, 5.74) is 0. The molecule has 0 atom stereocenters. The van der Waals surface area contributed by atoms with Crippen LogP contribution in [0.1, 0.15) is 6.42 Å². The minimum Gasteiger partial charge on any atom is -0.471 e. The lowest BCUT2D eigenvalue weighted by molar-refractivity contribution is -0.126. The topological polar surface area (TPSA) is 73.9 Å². The maximum atomic E-state index is 8.95. The van der Waals surface area contributed by atoms with Gasteiger partial charge >= 0.3 is 0 Å². The summed E-state index contributed by atoms with van der Waals surface area (Å²) >= 11 is 0. The van der Waals surface area contributed by atoms with Gasteiger partial charge in [-0.05, 0) is 0 Å². The molecule has 0 amide bonds. The van der Waals surface area contributed by atoms with Crippen LogP contribution in [0.3, 0.4) is 0 Å². The Morgan fingerprint density at radius 2 is 1.89 bits per heavy atom. The Hall–Kier alpha value is -1.55. The lowest BCUT2D eigenvalue weighted by Crippen LogP contribution is -1.68. The molecule has 0 spiro atoms. The average molecular weight is 126 g/mol. The molecule has 9 heavy (non-hydrogen) atoms. The summed E-state index contributed by atoms with van der Waals surface area (Å²) in [5.74, 6) is 0. The number of nitrogens with zero attached hydrogens (tertiary/aromatic N) is 2. The van der Waals surface area contributed by atoms with Crippen molar-refractivity contribution in [3.05, 3.63) is 0 Å². The fourth-order valence-electron chi connectivity index (χ4n) is 0.0354. The first-order chi connectivity index (χ1) is 4.33. The normalized spacial score (nSPS) is 4.78. The van der Waals surface area contributed by atoms with E-state index in [0.717, 1.165) is 0 Å². The van der Waals surface area contributed by atoms with Gasteiger partial charge in [0.25, 0.3) is 6.47 Å². The van der Waals surface area contributed by atoms with Crippen molar-refractivity contribution in [3.63, 3.8) is 0 Å². The highest BCUT2D eigenvalue weighted by molar-refractivity contribution is 5.36. The molecule has 0 heterocycles. The number of carbonyl (C=O) groups excluding carboxylic acids is 1. The smallest absolute Gasteiger partial charge is 0.292 e. The van der Waals surface area contributed by atoms with E-state index in [1.807, 2.05) is 0 Å². The van der Waals surface area contributed by atoms with Crippen LogP contribution in [0.5, 0.6) is 0 Å². The first kappa shape index (κ1) is 10.4. The molecule has 0 bridgehead atoms. The number of hydrogen-bond donors (Lipinski definition) is 0. The molecular formula is C5H6N2O2. The van der Waals surface area contributed by atoms with E-state index in [0.29, 0.717) is 6.47 Å². The van der Waals surface area contributed by atoms with Gasteiger partial charge in [0.2, 0.25) is 0 Å². The zero-order valence-corrected chi connectivity index (χ0v) is 5.00. The van der Waals surface area contributed by atoms with E-state index in [9.17, 15) is 0 Å². The highest BCUT2D eigenvalue weighted by Gasteiger charge is 1.61. The van der Waals surface area contributed by atoms with Crippen molar-refractivity contribution < 1.29 is 9.53 Å². The number of nitriles is 2. The minimum absolute atomic E-state index is 0. The Labute approximate surface area is 53.3 Å². The maximum Gasteiger partial charge on any atom is 0.292 e. The van der Waals surface area contributed by atoms with Crippen LogP contribution in [0.4, 0.5) is 0 Å². The Morgan fingerprint density at radius 3 is 1.89 bits per heavy atom. The molecule has 0 aromatic carbocycles. The molecule has 0 aliphatic carbocycles. The van der Waals surface area contributed by atoms with Gasteiger partial charge in [0, 0.05) is 0 Å². The van der Waals surface area contributed by atoms with Crippen LogP contribution in [-0.4, -0.2) is 13.6 Å². The summed E-state index contributed by atoms with van der Waals surface area (Å²) in [5, 5.41) is 15.2. The highest BCUT2D eigenvalue weighted by Crippen LogP contribution is 1.59. The van der Waals surface area contributed by atoms with Crippen LogP contribution in [0.15, 0.2) is 0 Å². The highest BCUT2D eigenvalue weighted by atomic mass is 16.5. The van der Waals surface area contributed by atoms with Crippen molar-refractivity contribution in [3.8, 4) is 12.1 Å². The van der Waals surface area contributed by atoms with Crippen LogP contribution in [0.2, 0.25) is 0 Å². The Balaban J connectivity index is 0. The van der Waals surface area contributed by atoms with Crippen LogP contribution < -0.4 is 0 Å². The van der Waals surface area contributed by atoms with Crippen LogP contribution in [0, 0.1) is 22.7 Å². The first-order valence-electron chi connectivity index (χ1n) is 2.03. The summed E-state index contributed by atoms with van der Waals surface area (Å²) in [4.78, 5) is 8.95. The van der Waals surface area contributed by atoms with E-state index in [1.54, 1.807) is 12.1 Å². The molecule has 0 fully saturated rings. The average Bonchev–Trinajstić information content (AvgIpc) is 1.91. The van der Waals surface area contributed by atoms with Crippen molar-refractivity contribution >= 4 is 6.47 Å². The van der Waals surface area contributed by atoms with Crippen LogP contribution >= 0.6 is 0 Å². The lowest BCUT2D eigenvalue weighted by atomic mass is 10.5. The van der Waals surface area contributed by atoms with Crippen molar-refractivity contribution in [2.75, 3.05) is 7.11 Å². The van der Waals surface area contributed by atoms with Gasteiger partial charge in [0.05, 0.1) is 19.2 Å². The Kier molecular flexibility index (Phi) is 18.7. The second kappa shape index (κ2) is 16.1. The molecule has 0 unspecified atom stereocenters. The lowest BCUT2D eigenvalue weighted by Gasteiger charge is -1.67. The molecular weight excluding hydrogens is 120 g/mol. The molecule has 4 nitrogen and oxygen atoms in total. The zero-order chi connectivity index (χ0) is 7.54. The summed E-state index contributed by atoms with van der Waals surface area (Å²) in [6, 6.07) is 3.31. The molecule has 0 radical (unpaired) electrons. The predicted octanol–water partition coefficient (Wildman–Crippen LogP) is 0.213.